The molecule has 6 heteroatoms. The predicted octanol–water partition coefficient (Wildman–Crippen LogP) is 3.00. The van der Waals surface area contributed by atoms with Gasteiger partial charge in [0.05, 0.1) is 18.4 Å². The molecule has 0 aliphatic heterocycles. The van der Waals surface area contributed by atoms with Gasteiger partial charge in [0.15, 0.2) is 0 Å². The summed E-state index contributed by atoms with van der Waals surface area (Å²) in [5.41, 5.74) is 0.525. The average molecular weight is 392 g/mol. The predicted molar refractivity (Wildman–Crippen MR) is 80.2 cm³/mol. The van der Waals surface area contributed by atoms with E-state index in [4.69, 9.17) is 16.0 Å². The molecule has 2 aromatic rings. The maximum Gasteiger partial charge on any atom is 0.252 e. The second kappa shape index (κ2) is 6.40. The van der Waals surface area contributed by atoms with E-state index in [9.17, 15) is 9.90 Å². The molecule has 0 aliphatic rings. The first-order valence-corrected chi connectivity index (χ1v) is 6.98. The van der Waals surface area contributed by atoms with Gasteiger partial charge in [-0.05, 0) is 52.9 Å². The van der Waals surface area contributed by atoms with E-state index in [-0.39, 0.29) is 12.5 Å². The van der Waals surface area contributed by atoms with Crippen LogP contribution in [-0.4, -0.2) is 17.6 Å². The van der Waals surface area contributed by atoms with E-state index in [0.29, 0.717) is 16.3 Å². The number of benzene rings is 1. The lowest BCUT2D eigenvalue weighted by atomic mass is 10.2. The molecule has 4 nitrogen and oxygen atoms in total. The first kappa shape index (κ1) is 14.4. The Hall–Kier alpha value is -1.05. The smallest absolute Gasteiger partial charge is 0.252 e. The quantitative estimate of drug-likeness (QED) is 0.788. The molecule has 0 fully saturated rings. The standard InChI is InChI=1S/C13H11ClINO3/c14-8-3-4-9(10(15)6-8)13(18)16-7-11(17)12-2-1-5-19-12/h1-6,11,17H,7H2,(H,16,18). The number of nitrogens with one attached hydrogen (secondary N) is 1. The molecular weight excluding hydrogens is 381 g/mol. The summed E-state index contributed by atoms with van der Waals surface area (Å²) in [6, 6.07) is 8.35. The summed E-state index contributed by atoms with van der Waals surface area (Å²) in [5, 5.41) is 13.0. The molecule has 0 radical (unpaired) electrons. The third-order valence-electron chi connectivity index (χ3n) is 2.50. The highest BCUT2D eigenvalue weighted by molar-refractivity contribution is 14.1. The van der Waals surface area contributed by atoms with Crippen molar-refractivity contribution in [3.05, 3.63) is 56.5 Å². The van der Waals surface area contributed by atoms with Gasteiger partial charge in [0, 0.05) is 8.59 Å². The summed E-state index contributed by atoms with van der Waals surface area (Å²) >= 11 is 7.87. The first-order chi connectivity index (χ1) is 9.08. The van der Waals surface area contributed by atoms with Crippen molar-refractivity contribution in [1.29, 1.82) is 0 Å². The Morgan fingerprint density at radius 2 is 2.26 bits per heavy atom. The first-order valence-electron chi connectivity index (χ1n) is 5.52. The van der Waals surface area contributed by atoms with Gasteiger partial charge >= 0.3 is 0 Å². The van der Waals surface area contributed by atoms with Crippen LogP contribution < -0.4 is 5.32 Å². The number of carbonyl (C=O) groups excluding carboxylic acids is 1. The summed E-state index contributed by atoms with van der Waals surface area (Å²) in [5.74, 6) is 0.165. The Labute approximate surface area is 128 Å². The van der Waals surface area contributed by atoms with Crippen LogP contribution in [-0.2, 0) is 0 Å². The molecule has 19 heavy (non-hydrogen) atoms. The lowest BCUT2D eigenvalue weighted by molar-refractivity contribution is 0.0900. The Bertz CT molecular complexity index is 571. The average Bonchev–Trinajstić information content (AvgIpc) is 2.89. The van der Waals surface area contributed by atoms with Crippen LogP contribution in [0.5, 0.6) is 0 Å². The molecule has 1 amide bonds. The van der Waals surface area contributed by atoms with E-state index < -0.39 is 6.10 Å². The van der Waals surface area contributed by atoms with Crippen molar-refractivity contribution in [2.45, 2.75) is 6.10 Å². The van der Waals surface area contributed by atoms with Crippen LogP contribution >= 0.6 is 34.2 Å². The van der Waals surface area contributed by atoms with Crippen molar-refractivity contribution in [2.75, 3.05) is 6.54 Å². The molecule has 1 atom stereocenters. The summed E-state index contributed by atoms with van der Waals surface area (Å²) < 4.78 is 5.81. The summed E-state index contributed by atoms with van der Waals surface area (Å²) in [6.45, 7) is 0.0883. The molecular formula is C13H11ClINO3. The number of halogens is 2. The molecule has 0 aliphatic carbocycles. The highest BCUT2D eigenvalue weighted by atomic mass is 127. The van der Waals surface area contributed by atoms with Crippen LogP contribution in [0.4, 0.5) is 0 Å². The number of rotatable bonds is 4. The molecule has 100 valence electrons. The Kier molecular flexibility index (Phi) is 4.84. The van der Waals surface area contributed by atoms with E-state index in [1.54, 1.807) is 30.3 Å². The highest BCUT2D eigenvalue weighted by Crippen LogP contribution is 2.18. The Balaban J connectivity index is 1.98. The number of carbonyl (C=O) groups is 1. The zero-order chi connectivity index (χ0) is 13.8. The minimum Gasteiger partial charge on any atom is -0.467 e. The fourth-order valence-electron chi connectivity index (χ4n) is 1.54. The van der Waals surface area contributed by atoms with E-state index >= 15 is 0 Å². The molecule has 0 bridgehead atoms. The van der Waals surface area contributed by atoms with Gasteiger partial charge in [0.25, 0.3) is 5.91 Å². The van der Waals surface area contributed by atoms with Gasteiger partial charge in [-0.15, -0.1) is 0 Å². The van der Waals surface area contributed by atoms with Crippen molar-refractivity contribution in [1.82, 2.24) is 5.32 Å². The number of furan rings is 1. The van der Waals surface area contributed by atoms with Crippen molar-refractivity contribution >= 4 is 40.1 Å². The fraction of sp³-hybridized carbons (Fsp3) is 0.154. The molecule has 1 aromatic heterocycles. The summed E-state index contributed by atoms with van der Waals surface area (Å²) in [7, 11) is 0. The van der Waals surface area contributed by atoms with E-state index in [1.165, 1.54) is 6.26 Å². The lowest BCUT2D eigenvalue weighted by Crippen LogP contribution is -2.28. The second-order valence-corrected chi connectivity index (χ2v) is 5.46. The van der Waals surface area contributed by atoms with Crippen molar-refractivity contribution < 1.29 is 14.3 Å². The van der Waals surface area contributed by atoms with Crippen LogP contribution in [0.2, 0.25) is 5.02 Å². The van der Waals surface area contributed by atoms with Crippen molar-refractivity contribution in [3.8, 4) is 0 Å². The monoisotopic (exact) mass is 391 g/mol. The van der Waals surface area contributed by atoms with Gasteiger partial charge < -0.3 is 14.8 Å². The fourth-order valence-corrected chi connectivity index (χ4v) is 2.66. The highest BCUT2D eigenvalue weighted by Gasteiger charge is 2.14. The number of aliphatic hydroxyl groups is 1. The minimum absolute atomic E-state index is 0.0883. The molecule has 1 heterocycles. The minimum atomic E-state index is -0.857. The third-order valence-corrected chi connectivity index (χ3v) is 3.63. The van der Waals surface area contributed by atoms with Crippen molar-refractivity contribution in [3.63, 3.8) is 0 Å². The topological polar surface area (TPSA) is 62.5 Å². The third kappa shape index (κ3) is 3.71. The number of hydrogen-bond donors (Lipinski definition) is 2. The zero-order valence-corrected chi connectivity index (χ0v) is 12.7. The normalized spacial score (nSPS) is 12.2. The molecule has 1 unspecified atom stereocenters. The largest absolute Gasteiger partial charge is 0.467 e. The molecule has 0 spiro atoms. The Morgan fingerprint density at radius 3 is 2.89 bits per heavy atom. The summed E-state index contributed by atoms with van der Waals surface area (Å²) in [6.07, 6.45) is 0.617. The van der Waals surface area contributed by atoms with Gasteiger partial charge in [0.1, 0.15) is 11.9 Å². The maximum atomic E-state index is 12.0. The van der Waals surface area contributed by atoms with E-state index in [2.05, 4.69) is 5.32 Å². The zero-order valence-electron chi connectivity index (χ0n) is 9.77. The van der Waals surface area contributed by atoms with Crippen LogP contribution in [0, 0.1) is 3.57 Å². The molecule has 0 saturated heterocycles. The number of amides is 1. The van der Waals surface area contributed by atoms with Gasteiger partial charge in [-0.25, -0.2) is 0 Å². The van der Waals surface area contributed by atoms with Gasteiger partial charge in [-0.3, -0.25) is 4.79 Å². The van der Waals surface area contributed by atoms with Crippen LogP contribution in [0.1, 0.15) is 22.2 Å². The van der Waals surface area contributed by atoms with E-state index in [0.717, 1.165) is 3.57 Å². The van der Waals surface area contributed by atoms with Crippen LogP contribution in [0.3, 0.4) is 0 Å². The van der Waals surface area contributed by atoms with Gasteiger partial charge in [-0.2, -0.15) is 0 Å². The molecule has 0 saturated carbocycles. The van der Waals surface area contributed by atoms with Crippen LogP contribution in [0.15, 0.2) is 41.0 Å². The van der Waals surface area contributed by atoms with Gasteiger partial charge in [-0.1, -0.05) is 11.6 Å². The SMILES string of the molecule is O=C(NCC(O)c1ccco1)c1ccc(Cl)cc1I. The second-order valence-electron chi connectivity index (χ2n) is 3.87. The lowest BCUT2D eigenvalue weighted by Gasteiger charge is -2.10. The molecule has 1 aromatic carbocycles. The number of hydrogen-bond acceptors (Lipinski definition) is 3. The van der Waals surface area contributed by atoms with Crippen molar-refractivity contribution in [2.24, 2.45) is 0 Å². The van der Waals surface area contributed by atoms with Crippen LogP contribution in [0.25, 0.3) is 0 Å². The molecule has 2 rings (SSSR count). The van der Waals surface area contributed by atoms with E-state index in [1.807, 2.05) is 22.6 Å². The number of aliphatic hydroxyl groups excluding tert-OH is 1. The summed E-state index contributed by atoms with van der Waals surface area (Å²) in [4.78, 5) is 12.0. The molecule has 2 N–H and O–H groups in total. The maximum absolute atomic E-state index is 12.0. The Morgan fingerprint density at radius 1 is 1.47 bits per heavy atom. The van der Waals surface area contributed by atoms with Gasteiger partial charge in [0.2, 0.25) is 0 Å².